The molecule has 5 heteroatoms. The fourth-order valence-electron chi connectivity index (χ4n) is 2.18. The van der Waals surface area contributed by atoms with E-state index in [1.165, 1.54) is 0 Å². The minimum absolute atomic E-state index is 0.289. The van der Waals surface area contributed by atoms with E-state index in [0.717, 1.165) is 11.1 Å². The molecule has 0 aliphatic rings. The van der Waals surface area contributed by atoms with Gasteiger partial charge in [-0.2, -0.15) is 0 Å². The fraction of sp³-hybridized carbons (Fsp3) is 0.250. The van der Waals surface area contributed by atoms with Gasteiger partial charge in [-0.15, -0.1) is 11.6 Å². The van der Waals surface area contributed by atoms with Gasteiger partial charge >= 0.3 is 0 Å². The summed E-state index contributed by atoms with van der Waals surface area (Å²) in [6.45, 7) is 1.78. The molecule has 1 atom stereocenters. The van der Waals surface area contributed by atoms with Crippen LogP contribution in [0.5, 0.6) is 0 Å². The van der Waals surface area contributed by atoms with Gasteiger partial charge in [-0.05, 0) is 42.3 Å². The number of alkyl halides is 3. The van der Waals surface area contributed by atoms with E-state index < -0.39 is 9.71 Å². The van der Waals surface area contributed by atoms with Crippen LogP contribution >= 0.6 is 58.0 Å². The van der Waals surface area contributed by atoms with Crippen LogP contribution in [0.2, 0.25) is 10.0 Å². The molecule has 0 heterocycles. The van der Waals surface area contributed by atoms with Crippen molar-refractivity contribution in [2.24, 2.45) is 0 Å². The van der Waals surface area contributed by atoms with Crippen LogP contribution in [-0.2, 0) is 0 Å². The predicted molar refractivity (Wildman–Crippen MR) is 94.5 cm³/mol. The first-order valence-corrected chi connectivity index (χ1v) is 8.30. The van der Waals surface area contributed by atoms with Crippen LogP contribution in [-0.4, -0.2) is 9.71 Å². The van der Waals surface area contributed by atoms with E-state index in [1.807, 2.05) is 48.5 Å². The Kier molecular flexibility index (Phi) is 5.73. The van der Waals surface area contributed by atoms with Crippen LogP contribution in [0, 0.1) is 0 Å². The Bertz CT molecular complexity index is 542. The van der Waals surface area contributed by atoms with Crippen LogP contribution in [0.3, 0.4) is 0 Å². The minimum atomic E-state index is -1.16. The Balaban J connectivity index is 2.54. The molecule has 0 saturated heterocycles. The molecule has 0 bridgehead atoms. The lowest BCUT2D eigenvalue weighted by molar-refractivity contribution is 0.656. The fourth-order valence-corrected chi connectivity index (χ4v) is 3.06. The van der Waals surface area contributed by atoms with Gasteiger partial charge in [-0.1, -0.05) is 70.7 Å². The zero-order chi connectivity index (χ0) is 15.6. The highest BCUT2D eigenvalue weighted by Crippen LogP contribution is 2.46. The van der Waals surface area contributed by atoms with Crippen molar-refractivity contribution >= 4 is 58.0 Å². The Labute approximate surface area is 149 Å². The number of hydrogen-bond donors (Lipinski definition) is 0. The van der Waals surface area contributed by atoms with E-state index in [9.17, 15) is 0 Å². The van der Waals surface area contributed by atoms with Gasteiger partial charge < -0.3 is 0 Å². The van der Waals surface area contributed by atoms with Crippen molar-refractivity contribution in [3.05, 3.63) is 69.7 Å². The largest absolute Gasteiger partial charge is 0.145 e. The third kappa shape index (κ3) is 4.00. The SMILES string of the molecule is CC(Cl)C(Cl)(Cl)C(c1ccc(Cl)cc1)c1ccc(Cl)cc1. The first kappa shape index (κ1) is 17.2. The molecule has 2 aromatic rings. The number of benzene rings is 2. The van der Waals surface area contributed by atoms with Gasteiger partial charge in [0, 0.05) is 16.0 Å². The third-order valence-corrected chi connectivity index (χ3v) is 5.48. The van der Waals surface area contributed by atoms with Crippen LogP contribution in [0.15, 0.2) is 48.5 Å². The monoisotopic (exact) mass is 380 g/mol. The second kappa shape index (κ2) is 6.98. The predicted octanol–water partition coefficient (Wildman–Crippen LogP) is 6.93. The van der Waals surface area contributed by atoms with Crippen molar-refractivity contribution in [2.45, 2.75) is 22.6 Å². The van der Waals surface area contributed by atoms with Crippen molar-refractivity contribution in [3.63, 3.8) is 0 Å². The highest BCUT2D eigenvalue weighted by molar-refractivity contribution is 6.53. The second-order valence-electron chi connectivity index (χ2n) is 4.83. The van der Waals surface area contributed by atoms with Gasteiger partial charge in [-0.25, -0.2) is 0 Å². The summed E-state index contributed by atoms with van der Waals surface area (Å²) in [7, 11) is 0. The van der Waals surface area contributed by atoms with Crippen molar-refractivity contribution in [3.8, 4) is 0 Å². The second-order valence-corrected chi connectivity index (χ2v) is 7.80. The number of rotatable bonds is 4. The van der Waals surface area contributed by atoms with Crippen LogP contribution < -0.4 is 0 Å². The third-order valence-electron chi connectivity index (χ3n) is 3.32. The smallest absolute Gasteiger partial charge is 0.120 e. The Morgan fingerprint density at radius 1 is 0.762 bits per heavy atom. The summed E-state index contributed by atoms with van der Waals surface area (Å²) >= 11 is 31.2. The quantitative estimate of drug-likeness (QED) is 0.503. The molecular weight excluding hydrogens is 369 g/mol. The van der Waals surface area contributed by atoms with Gasteiger partial charge in [0.2, 0.25) is 0 Å². The Morgan fingerprint density at radius 3 is 1.38 bits per heavy atom. The van der Waals surface area contributed by atoms with Crippen molar-refractivity contribution in [1.82, 2.24) is 0 Å². The van der Waals surface area contributed by atoms with Gasteiger partial charge in [0.1, 0.15) is 4.33 Å². The van der Waals surface area contributed by atoms with Crippen molar-refractivity contribution in [2.75, 3.05) is 0 Å². The number of hydrogen-bond acceptors (Lipinski definition) is 0. The topological polar surface area (TPSA) is 0 Å². The van der Waals surface area contributed by atoms with E-state index in [4.69, 9.17) is 58.0 Å². The molecule has 0 aromatic heterocycles. The van der Waals surface area contributed by atoms with E-state index in [-0.39, 0.29) is 5.92 Å². The van der Waals surface area contributed by atoms with Gasteiger partial charge in [-0.3, -0.25) is 0 Å². The summed E-state index contributed by atoms with van der Waals surface area (Å²) in [6, 6.07) is 14.8. The lowest BCUT2D eigenvalue weighted by atomic mass is 9.86. The van der Waals surface area contributed by atoms with Crippen LogP contribution in [0.4, 0.5) is 0 Å². The minimum Gasteiger partial charge on any atom is -0.120 e. The summed E-state index contributed by atoms with van der Waals surface area (Å²) in [5, 5.41) is 0.863. The van der Waals surface area contributed by atoms with Gasteiger partial charge in [0.25, 0.3) is 0 Å². The maximum absolute atomic E-state index is 6.55. The summed E-state index contributed by atoms with van der Waals surface area (Å²) in [6.07, 6.45) is 0. The molecule has 0 nitrogen and oxygen atoms in total. The average Bonchev–Trinajstić information content (AvgIpc) is 2.43. The van der Waals surface area contributed by atoms with Crippen molar-refractivity contribution < 1.29 is 0 Å². The van der Waals surface area contributed by atoms with E-state index in [0.29, 0.717) is 10.0 Å². The maximum atomic E-state index is 6.55. The van der Waals surface area contributed by atoms with Crippen molar-refractivity contribution in [1.29, 1.82) is 0 Å². The van der Waals surface area contributed by atoms with E-state index >= 15 is 0 Å². The molecule has 0 radical (unpaired) electrons. The molecule has 1 unspecified atom stereocenters. The van der Waals surface area contributed by atoms with Crippen LogP contribution in [0.1, 0.15) is 24.0 Å². The molecule has 0 aliphatic heterocycles. The first-order valence-electron chi connectivity index (χ1n) is 6.35. The zero-order valence-corrected chi connectivity index (χ0v) is 14.9. The molecule has 0 aliphatic carbocycles. The van der Waals surface area contributed by atoms with Crippen LogP contribution in [0.25, 0.3) is 0 Å². The summed E-state index contributed by atoms with van der Waals surface area (Å²) in [5.74, 6) is -0.289. The number of halogens is 5. The highest BCUT2D eigenvalue weighted by Gasteiger charge is 2.41. The summed E-state index contributed by atoms with van der Waals surface area (Å²) < 4.78 is -1.16. The normalized spacial score (nSPS) is 13.5. The molecule has 2 aromatic carbocycles. The van der Waals surface area contributed by atoms with Gasteiger partial charge in [0.05, 0.1) is 5.38 Å². The highest BCUT2D eigenvalue weighted by atomic mass is 35.5. The molecule has 112 valence electrons. The lowest BCUT2D eigenvalue weighted by Crippen LogP contribution is -2.33. The summed E-state index contributed by atoms with van der Waals surface area (Å²) in [4.78, 5) is 0. The average molecular weight is 383 g/mol. The molecule has 2 rings (SSSR count). The molecule has 0 amide bonds. The maximum Gasteiger partial charge on any atom is 0.145 e. The molecule has 0 saturated carbocycles. The molecule has 0 spiro atoms. The van der Waals surface area contributed by atoms with E-state index in [1.54, 1.807) is 6.92 Å². The van der Waals surface area contributed by atoms with Gasteiger partial charge in [0.15, 0.2) is 0 Å². The molecule has 0 N–H and O–H groups in total. The Morgan fingerprint density at radius 2 is 1.10 bits per heavy atom. The zero-order valence-electron chi connectivity index (χ0n) is 11.2. The standard InChI is InChI=1S/C16H13Cl5/c1-10(17)16(20,21)15(11-2-6-13(18)7-3-11)12-4-8-14(19)9-5-12/h2-10,15H,1H3. The molecule has 0 fully saturated rings. The molecule has 21 heavy (non-hydrogen) atoms. The van der Waals surface area contributed by atoms with E-state index in [2.05, 4.69) is 0 Å². The molecular formula is C16H13Cl5. The Hall–Kier alpha value is -0.110. The lowest BCUT2D eigenvalue weighted by Gasteiger charge is -2.33. The summed E-state index contributed by atoms with van der Waals surface area (Å²) in [5.41, 5.74) is 1.89. The first-order chi connectivity index (χ1) is 9.82.